The number of rotatable bonds is 7. The maximum absolute atomic E-state index is 13.5. The second-order valence-electron chi connectivity index (χ2n) is 9.36. The fourth-order valence-electron chi connectivity index (χ4n) is 5.60. The summed E-state index contributed by atoms with van der Waals surface area (Å²) in [6, 6.07) is -0.304. The van der Waals surface area contributed by atoms with Gasteiger partial charge in [-0.05, 0) is 38.0 Å². The van der Waals surface area contributed by atoms with E-state index in [0.717, 1.165) is 29.9 Å². The van der Waals surface area contributed by atoms with Crippen molar-refractivity contribution in [2.45, 2.75) is 63.5 Å². The number of fused-ring (bicyclic) bond motifs is 1. The van der Waals surface area contributed by atoms with Gasteiger partial charge in [0.2, 0.25) is 5.91 Å². The number of amides is 4. The highest BCUT2D eigenvalue weighted by Crippen LogP contribution is 2.37. The fraction of sp³-hybridized carbons (Fsp3) is 0.652. The zero-order chi connectivity index (χ0) is 23.0. The van der Waals surface area contributed by atoms with E-state index >= 15 is 0 Å². The predicted octanol–water partition coefficient (Wildman–Crippen LogP) is 2.45. The molecule has 4 amide bonds. The molecule has 5 rings (SSSR count). The summed E-state index contributed by atoms with van der Waals surface area (Å²) in [5, 5.41) is 5.04. The SMILES string of the molecule is CCC[C@]1(C2CCN(C(=O)Cc3cn4ccsc4n3)CC2)NC(=O)N(C[C@H]2CCCO2)C1=O. The molecule has 0 saturated carbocycles. The molecule has 5 heterocycles. The van der Waals surface area contributed by atoms with Crippen molar-refractivity contribution in [3.05, 3.63) is 23.5 Å². The van der Waals surface area contributed by atoms with Crippen LogP contribution in [0.4, 0.5) is 4.79 Å². The van der Waals surface area contributed by atoms with E-state index in [1.54, 1.807) is 11.3 Å². The number of carbonyl (C=O) groups excluding carboxylic acids is 3. The van der Waals surface area contributed by atoms with Crippen LogP contribution >= 0.6 is 11.3 Å². The number of urea groups is 1. The minimum absolute atomic E-state index is 0.0189. The van der Waals surface area contributed by atoms with Crippen LogP contribution in [0.5, 0.6) is 0 Å². The summed E-state index contributed by atoms with van der Waals surface area (Å²) < 4.78 is 7.60. The van der Waals surface area contributed by atoms with E-state index in [1.165, 1.54) is 4.90 Å². The zero-order valence-corrected chi connectivity index (χ0v) is 19.8. The third-order valence-electron chi connectivity index (χ3n) is 7.28. The van der Waals surface area contributed by atoms with Crippen molar-refractivity contribution in [1.29, 1.82) is 0 Å². The lowest BCUT2D eigenvalue weighted by molar-refractivity contribution is -0.136. The monoisotopic (exact) mass is 473 g/mol. The smallest absolute Gasteiger partial charge is 0.325 e. The molecule has 1 N–H and O–H groups in total. The number of hydrogen-bond acceptors (Lipinski definition) is 6. The number of aromatic nitrogens is 2. The molecule has 9 nitrogen and oxygen atoms in total. The summed E-state index contributed by atoms with van der Waals surface area (Å²) in [4.78, 5) is 47.9. The Labute approximate surface area is 197 Å². The number of nitrogens with zero attached hydrogens (tertiary/aromatic N) is 4. The number of imidazole rings is 1. The number of nitrogens with one attached hydrogen (secondary N) is 1. The van der Waals surface area contributed by atoms with Crippen molar-refractivity contribution >= 4 is 34.1 Å². The lowest BCUT2D eigenvalue weighted by Gasteiger charge is -2.41. The standard InChI is InChI=1S/C23H31N5O4S/c1-2-7-23(20(30)28(21(31)25-23)15-18-4-3-11-32-18)16-5-8-26(9-6-16)19(29)13-17-14-27-10-12-33-22(27)24-17/h10,12,14,16,18H,2-9,11,13,15H2,1H3,(H,25,31)/t18-,23-/m1/s1. The van der Waals surface area contributed by atoms with E-state index in [1.807, 2.05) is 34.0 Å². The minimum atomic E-state index is -0.867. The number of hydrogen-bond donors (Lipinski definition) is 1. The van der Waals surface area contributed by atoms with Crippen LogP contribution < -0.4 is 5.32 Å². The van der Waals surface area contributed by atoms with Gasteiger partial charge < -0.3 is 15.0 Å². The highest BCUT2D eigenvalue weighted by Gasteiger charge is 2.55. The van der Waals surface area contributed by atoms with E-state index in [9.17, 15) is 14.4 Å². The van der Waals surface area contributed by atoms with Crippen LogP contribution in [-0.4, -0.2) is 74.9 Å². The molecule has 3 aliphatic rings. The Morgan fingerprint density at radius 2 is 2.12 bits per heavy atom. The number of ether oxygens (including phenoxy) is 1. The molecule has 3 aliphatic heterocycles. The Morgan fingerprint density at radius 3 is 2.82 bits per heavy atom. The van der Waals surface area contributed by atoms with Gasteiger partial charge in [0.1, 0.15) is 5.54 Å². The van der Waals surface area contributed by atoms with E-state index < -0.39 is 5.54 Å². The van der Waals surface area contributed by atoms with Crippen LogP contribution in [0.2, 0.25) is 0 Å². The van der Waals surface area contributed by atoms with E-state index in [-0.39, 0.29) is 36.3 Å². The van der Waals surface area contributed by atoms with Crippen LogP contribution in [-0.2, 0) is 20.7 Å². The average molecular weight is 474 g/mol. The first-order valence-electron chi connectivity index (χ1n) is 11.9. The van der Waals surface area contributed by atoms with E-state index in [2.05, 4.69) is 10.3 Å². The van der Waals surface area contributed by atoms with E-state index in [4.69, 9.17) is 4.74 Å². The number of thiazole rings is 1. The van der Waals surface area contributed by atoms with Crippen LogP contribution in [0.25, 0.3) is 4.96 Å². The maximum Gasteiger partial charge on any atom is 0.325 e. The molecular weight excluding hydrogens is 442 g/mol. The fourth-order valence-corrected chi connectivity index (χ4v) is 6.32. The number of carbonyl (C=O) groups is 3. The third-order valence-corrected chi connectivity index (χ3v) is 8.05. The predicted molar refractivity (Wildman–Crippen MR) is 123 cm³/mol. The molecule has 33 heavy (non-hydrogen) atoms. The first-order chi connectivity index (χ1) is 16.0. The van der Waals surface area contributed by atoms with Crippen LogP contribution in [0, 0.1) is 5.92 Å². The second-order valence-corrected chi connectivity index (χ2v) is 10.2. The van der Waals surface area contributed by atoms with Gasteiger partial charge in [-0.3, -0.25) is 18.9 Å². The average Bonchev–Trinajstić information content (AvgIpc) is 3.57. The van der Waals surface area contributed by atoms with Gasteiger partial charge in [-0.25, -0.2) is 9.78 Å². The van der Waals surface area contributed by atoms with Crippen LogP contribution in [0.1, 0.15) is 51.1 Å². The molecule has 2 atom stereocenters. The van der Waals surface area contributed by atoms with Crippen molar-refractivity contribution in [3.63, 3.8) is 0 Å². The maximum atomic E-state index is 13.5. The molecule has 10 heteroatoms. The van der Waals surface area contributed by atoms with E-state index in [0.29, 0.717) is 45.5 Å². The van der Waals surface area contributed by atoms with Gasteiger partial charge in [-0.15, -0.1) is 11.3 Å². The zero-order valence-electron chi connectivity index (χ0n) is 19.0. The molecule has 2 aromatic heterocycles. The van der Waals surface area contributed by atoms with Crippen molar-refractivity contribution < 1.29 is 19.1 Å². The molecule has 3 saturated heterocycles. The quantitative estimate of drug-likeness (QED) is 0.623. The van der Waals surface area contributed by atoms with Gasteiger partial charge in [0.15, 0.2) is 4.96 Å². The number of likely N-dealkylation sites (tertiary alicyclic amines) is 1. The van der Waals surface area contributed by atoms with Crippen molar-refractivity contribution in [2.75, 3.05) is 26.2 Å². The van der Waals surface area contributed by atoms with Crippen molar-refractivity contribution in [2.24, 2.45) is 5.92 Å². The second kappa shape index (κ2) is 9.06. The number of piperidine rings is 1. The first-order valence-corrected chi connectivity index (χ1v) is 12.8. The molecule has 3 fully saturated rings. The Bertz CT molecular complexity index is 1010. The van der Waals surface area contributed by atoms with Gasteiger partial charge in [0.25, 0.3) is 5.91 Å². The summed E-state index contributed by atoms with van der Waals surface area (Å²) in [6.07, 6.45) is 8.73. The van der Waals surface area contributed by atoms with Gasteiger partial charge >= 0.3 is 6.03 Å². The molecular formula is C23H31N5O4S. The molecule has 0 radical (unpaired) electrons. The Morgan fingerprint density at radius 1 is 1.30 bits per heavy atom. The van der Waals surface area contributed by atoms with Crippen LogP contribution in [0.15, 0.2) is 17.8 Å². The molecule has 178 valence electrons. The van der Waals surface area contributed by atoms with Gasteiger partial charge in [-0.1, -0.05) is 13.3 Å². The topological polar surface area (TPSA) is 96.2 Å². The van der Waals surface area contributed by atoms with Crippen molar-refractivity contribution in [3.8, 4) is 0 Å². The molecule has 0 aliphatic carbocycles. The number of imide groups is 1. The summed E-state index contributed by atoms with van der Waals surface area (Å²) in [5.41, 5.74) is -0.0900. The highest BCUT2D eigenvalue weighted by molar-refractivity contribution is 7.15. The summed E-state index contributed by atoms with van der Waals surface area (Å²) in [7, 11) is 0. The lowest BCUT2D eigenvalue weighted by atomic mass is 9.74. The Balaban J connectivity index is 1.23. The molecule has 0 unspecified atom stereocenters. The first kappa shape index (κ1) is 22.3. The lowest BCUT2D eigenvalue weighted by Crippen LogP contribution is -2.56. The van der Waals surface area contributed by atoms with Gasteiger partial charge in [0.05, 0.1) is 24.8 Å². The highest BCUT2D eigenvalue weighted by atomic mass is 32.1. The normalized spacial score (nSPS) is 26.5. The van der Waals surface area contributed by atoms with Gasteiger partial charge in [-0.2, -0.15) is 0 Å². The third kappa shape index (κ3) is 4.14. The molecule has 0 spiro atoms. The van der Waals surface area contributed by atoms with Gasteiger partial charge in [0, 0.05) is 37.5 Å². The summed E-state index contributed by atoms with van der Waals surface area (Å²) in [5.74, 6) is -0.0383. The minimum Gasteiger partial charge on any atom is -0.376 e. The Hall–Kier alpha value is -2.46. The Kier molecular flexibility index (Phi) is 6.13. The molecule has 0 aromatic carbocycles. The summed E-state index contributed by atoms with van der Waals surface area (Å²) >= 11 is 1.55. The van der Waals surface area contributed by atoms with Crippen LogP contribution in [0.3, 0.4) is 0 Å². The molecule has 0 bridgehead atoms. The van der Waals surface area contributed by atoms with Crippen molar-refractivity contribution in [1.82, 2.24) is 24.5 Å². The molecule has 2 aromatic rings. The largest absolute Gasteiger partial charge is 0.376 e. The summed E-state index contributed by atoms with van der Waals surface area (Å²) in [6.45, 7) is 4.24.